The first-order chi connectivity index (χ1) is 8.54. The van der Waals surface area contributed by atoms with Crippen LogP contribution in [0.2, 0.25) is 0 Å². The molecule has 96 valence electrons. The number of ether oxygens (including phenoxy) is 1. The van der Waals surface area contributed by atoms with Crippen LogP contribution in [0.5, 0.6) is 0 Å². The summed E-state index contributed by atoms with van der Waals surface area (Å²) in [6.45, 7) is 1.95. The predicted molar refractivity (Wildman–Crippen MR) is 64.7 cm³/mol. The third kappa shape index (κ3) is 3.94. The van der Waals surface area contributed by atoms with Crippen molar-refractivity contribution in [2.45, 2.75) is 13.3 Å². The summed E-state index contributed by atoms with van der Waals surface area (Å²) in [5.74, 6) is 5.31. The Balaban J connectivity index is 2.61. The number of rotatable bonds is 3. The number of amides is 1. The fraction of sp³-hybridized carbons (Fsp3) is 0.417. The van der Waals surface area contributed by atoms with Gasteiger partial charge in [-0.3, -0.25) is 4.79 Å². The van der Waals surface area contributed by atoms with E-state index in [1.807, 2.05) is 0 Å². The van der Waals surface area contributed by atoms with E-state index in [1.54, 1.807) is 17.8 Å². The maximum atomic E-state index is 11.3. The molecule has 18 heavy (non-hydrogen) atoms. The summed E-state index contributed by atoms with van der Waals surface area (Å²) in [5.41, 5.74) is 0.501. The molecule has 1 aromatic heterocycles. The number of carbonyl (C=O) groups excluding carboxylic acids is 2. The lowest BCUT2D eigenvalue weighted by Crippen LogP contribution is -2.20. The van der Waals surface area contributed by atoms with Crippen molar-refractivity contribution < 1.29 is 14.3 Å². The number of aryl methyl sites for hydroxylation is 1. The van der Waals surface area contributed by atoms with E-state index in [2.05, 4.69) is 26.9 Å². The monoisotopic (exact) mass is 249 g/mol. The van der Waals surface area contributed by atoms with Crippen molar-refractivity contribution >= 4 is 11.9 Å². The lowest BCUT2D eigenvalue weighted by Gasteiger charge is -1.96. The first-order valence-electron chi connectivity index (χ1n) is 5.39. The minimum absolute atomic E-state index is 0.0809. The molecule has 1 amide bonds. The number of methoxy groups -OCH3 is 1. The van der Waals surface area contributed by atoms with E-state index in [0.717, 1.165) is 0 Å². The Morgan fingerprint density at radius 2 is 2.28 bits per heavy atom. The van der Waals surface area contributed by atoms with Crippen LogP contribution in [0.25, 0.3) is 0 Å². The number of carbonyl (C=O) groups is 2. The number of esters is 1. The Hall–Kier alpha value is -2.29. The van der Waals surface area contributed by atoms with Crippen molar-refractivity contribution in [3.8, 4) is 11.8 Å². The van der Waals surface area contributed by atoms with Crippen molar-refractivity contribution in [2.75, 3.05) is 13.7 Å². The zero-order valence-electron chi connectivity index (χ0n) is 10.6. The third-order valence-electron chi connectivity index (χ3n) is 2.08. The van der Waals surface area contributed by atoms with Crippen molar-refractivity contribution in [3.63, 3.8) is 0 Å². The van der Waals surface area contributed by atoms with Gasteiger partial charge in [0.2, 0.25) is 11.7 Å². The standard InChI is InChI=1S/C12H15N3O3/c1-9(16)13-7-5-4-6-10-8-15(2)11(14-10)12(17)18-3/h8H,5,7H2,1-3H3,(H,13,16). The molecule has 0 saturated heterocycles. The van der Waals surface area contributed by atoms with Gasteiger partial charge in [-0.05, 0) is 5.92 Å². The highest BCUT2D eigenvalue weighted by molar-refractivity contribution is 5.85. The normalized spacial score (nSPS) is 9.28. The molecule has 1 heterocycles. The lowest BCUT2D eigenvalue weighted by molar-refractivity contribution is -0.118. The summed E-state index contributed by atoms with van der Waals surface area (Å²) in [6.07, 6.45) is 2.18. The number of hydrogen-bond acceptors (Lipinski definition) is 4. The van der Waals surface area contributed by atoms with Crippen molar-refractivity contribution in [3.05, 3.63) is 17.7 Å². The number of hydrogen-bond donors (Lipinski definition) is 1. The van der Waals surface area contributed by atoms with Gasteiger partial charge >= 0.3 is 5.97 Å². The van der Waals surface area contributed by atoms with Crippen LogP contribution >= 0.6 is 0 Å². The van der Waals surface area contributed by atoms with E-state index in [9.17, 15) is 9.59 Å². The molecule has 1 rings (SSSR count). The molecule has 0 spiro atoms. The van der Waals surface area contributed by atoms with Crippen LogP contribution in [0.15, 0.2) is 6.20 Å². The molecule has 1 N–H and O–H groups in total. The van der Waals surface area contributed by atoms with Gasteiger partial charge in [0.05, 0.1) is 7.11 Å². The molecular formula is C12H15N3O3. The average molecular weight is 249 g/mol. The SMILES string of the molecule is COC(=O)c1nc(C#CCCNC(C)=O)cn1C. The summed E-state index contributed by atoms with van der Waals surface area (Å²) in [7, 11) is 3.00. The topological polar surface area (TPSA) is 73.2 Å². The minimum atomic E-state index is -0.496. The van der Waals surface area contributed by atoms with Crippen LogP contribution < -0.4 is 5.32 Å². The number of aromatic nitrogens is 2. The molecule has 0 aliphatic rings. The van der Waals surface area contributed by atoms with E-state index < -0.39 is 5.97 Å². The molecule has 6 nitrogen and oxygen atoms in total. The number of imidazole rings is 1. The van der Waals surface area contributed by atoms with Crippen molar-refractivity contribution in [2.24, 2.45) is 7.05 Å². The van der Waals surface area contributed by atoms with Gasteiger partial charge in [0.15, 0.2) is 0 Å². The highest BCUT2D eigenvalue weighted by Crippen LogP contribution is 2.01. The van der Waals surface area contributed by atoms with Gasteiger partial charge in [-0.25, -0.2) is 9.78 Å². The maximum Gasteiger partial charge on any atom is 0.374 e. The van der Waals surface area contributed by atoms with Gasteiger partial charge in [0.25, 0.3) is 0 Å². The molecule has 0 radical (unpaired) electrons. The van der Waals surface area contributed by atoms with E-state index in [-0.39, 0.29) is 11.7 Å². The molecular weight excluding hydrogens is 234 g/mol. The lowest BCUT2D eigenvalue weighted by atomic mass is 10.4. The van der Waals surface area contributed by atoms with Crippen LogP contribution in [0, 0.1) is 11.8 Å². The van der Waals surface area contributed by atoms with Gasteiger partial charge in [-0.15, -0.1) is 0 Å². The van der Waals surface area contributed by atoms with E-state index in [4.69, 9.17) is 0 Å². The van der Waals surface area contributed by atoms with Gasteiger partial charge in [-0.2, -0.15) is 0 Å². The summed E-state index contributed by atoms with van der Waals surface area (Å²) >= 11 is 0. The Morgan fingerprint density at radius 1 is 1.56 bits per heavy atom. The zero-order chi connectivity index (χ0) is 13.5. The molecule has 0 aromatic carbocycles. The molecule has 0 aliphatic heterocycles. The predicted octanol–water partition coefficient (Wildman–Crippen LogP) is 0.0844. The molecule has 0 saturated carbocycles. The molecule has 0 atom stereocenters. The minimum Gasteiger partial charge on any atom is -0.463 e. The van der Waals surface area contributed by atoms with Crippen LogP contribution in [-0.4, -0.2) is 35.1 Å². The van der Waals surface area contributed by atoms with Crippen LogP contribution in [0.4, 0.5) is 0 Å². The van der Waals surface area contributed by atoms with Gasteiger partial charge in [0, 0.05) is 33.1 Å². The van der Waals surface area contributed by atoms with Crippen LogP contribution in [0.3, 0.4) is 0 Å². The van der Waals surface area contributed by atoms with E-state index in [1.165, 1.54) is 14.0 Å². The number of nitrogens with one attached hydrogen (secondary N) is 1. The Labute approximate surface area is 105 Å². The van der Waals surface area contributed by atoms with E-state index >= 15 is 0 Å². The Bertz CT molecular complexity index is 508. The second-order valence-corrected chi connectivity index (χ2v) is 3.59. The maximum absolute atomic E-state index is 11.3. The third-order valence-corrected chi connectivity index (χ3v) is 2.08. The van der Waals surface area contributed by atoms with Crippen LogP contribution in [-0.2, 0) is 16.6 Å². The summed E-state index contributed by atoms with van der Waals surface area (Å²) in [5, 5.41) is 2.63. The molecule has 0 fully saturated rings. The summed E-state index contributed by atoms with van der Waals surface area (Å²) in [6, 6.07) is 0. The van der Waals surface area contributed by atoms with Crippen LogP contribution in [0.1, 0.15) is 29.7 Å². The average Bonchev–Trinajstić information content (AvgIpc) is 2.69. The van der Waals surface area contributed by atoms with Gasteiger partial charge in [0.1, 0.15) is 5.69 Å². The quantitative estimate of drug-likeness (QED) is 0.468. The molecule has 6 heteroatoms. The van der Waals surface area contributed by atoms with Gasteiger partial charge < -0.3 is 14.6 Å². The van der Waals surface area contributed by atoms with Gasteiger partial charge in [-0.1, -0.05) is 5.92 Å². The highest BCUT2D eigenvalue weighted by Gasteiger charge is 2.12. The largest absolute Gasteiger partial charge is 0.463 e. The molecule has 0 bridgehead atoms. The fourth-order valence-electron chi connectivity index (χ4n) is 1.26. The number of nitrogens with zero attached hydrogens (tertiary/aromatic N) is 2. The zero-order valence-corrected chi connectivity index (χ0v) is 10.6. The molecule has 0 aliphatic carbocycles. The fourth-order valence-corrected chi connectivity index (χ4v) is 1.26. The highest BCUT2D eigenvalue weighted by atomic mass is 16.5. The summed E-state index contributed by atoms with van der Waals surface area (Å²) < 4.78 is 6.14. The Kier molecular flexibility index (Phi) is 4.93. The molecule has 0 unspecified atom stereocenters. The van der Waals surface area contributed by atoms with Crippen molar-refractivity contribution in [1.82, 2.24) is 14.9 Å². The first kappa shape index (κ1) is 13.8. The molecule has 1 aromatic rings. The van der Waals surface area contributed by atoms with E-state index in [0.29, 0.717) is 18.7 Å². The van der Waals surface area contributed by atoms with Crippen molar-refractivity contribution in [1.29, 1.82) is 0 Å². The second kappa shape index (κ2) is 6.45. The first-order valence-corrected chi connectivity index (χ1v) is 5.39. The Morgan fingerprint density at radius 3 is 2.89 bits per heavy atom. The summed E-state index contributed by atoms with van der Waals surface area (Å²) in [4.78, 5) is 25.9. The smallest absolute Gasteiger partial charge is 0.374 e. The second-order valence-electron chi connectivity index (χ2n) is 3.59.